The molecule has 7 heteroatoms. The van der Waals surface area contributed by atoms with E-state index < -0.39 is 0 Å². The molecule has 0 aliphatic rings. The van der Waals surface area contributed by atoms with Crippen LogP contribution in [0.25, 0.3) is 207 Å². The van der Waals surface area contributed by atoms with Crippen molar-refractivity contribution in [2.24, 2.45) is 0 Å². The van der Waals surface area contributed by atoms with Crippen molar-refractivity contribution < 1.29 is 8.83 Å². The molecule has 5 aromatic heterocycles. The van der Waals surface area contributed by atoms with E-state index in [0.29, 0.717) is 0 Å². The molecule has 16 aromatic carbocycles. The fraction of sp³-hybridized carbons (Fsp3) is 0. The minimum absolute atomic E-state index is 0.841. The maximum absolute atomic E-state index is 6.28. The quantitative estimate of drug-likeness (QED) is 0.160. The number of thiophene rings is 1. The summed E-state index contributed by atoms with van der Waals surface area (Å²) in [5, 5.41) is 22.0. The topological polar surface area (TPSA) is 77.8 Å². The minimum Gasteiger partial charge on any atom is -0.456 e. The molecule has 0 bridgehead atoms. The number of hydrogen-bond donors (Lipinski definition) is 0. The number of para-hydroxylation sites is 6. The van der Waals surface area contributed by atoms with Crippen LogP contribution in [0.4, 0.5) is 0 Å². The summed E-state index contributed by atoms with van der Waals surface area (Å²) in [4.78, 5) is 20.8. The Labute approximate surface area is 546 Å². The summed E-state index contributed by atoms with van der Waals surface area (Å²) in [5.74, 6) is 0. The smallest absolute Gasteiger partial charge is 0.136 e. The summed E-state index contributed by atoms with van der Waals surface area (Å²) < 4.78 is 15.2. The molecule has 0 spiro atoms. The molecule has 0 saturated heterocycles. The lowest BCUT2D eigenvalue weighted by atomic mass is 9.93. The van der Waals surface area contributed by atoms with Gasteiger partial charge in [-0.05, 0) is 149 Å². The first-order valence-electron chi connectivity index (χ1n) is 32.1. The van der Waals surface area contributed by atoms with Gasteiger partial charge in [0.25, 0.3) is 0 Å². The second kappa shape index (κ2) is 21.1. The van der Waals surface area contributed by atoms with Gasteiger partial charge in [0.1, 0.15) is 22.3 Å². The molecule has 95 heavy (non-hydrogen) atoms. The van der Waals surface area contributed by atoms with Gasteiger partial charge < -0.3 is 8.83 Å². The SMILES string of the molecule is c1ccc(-c2ccc(-c3nc4ccccc4nc3-c3ccc4c(ccc5ccc6c(ccc7oc8ccccc8c76)c54)c3)cc2)cc1.c1ccc2nc(-c3ccc4c(c3)oc3ccccc34)c(-c3ccc4c(ccc5ccc6c(ccc7c8ccccc8sc76)c54)c3)nc2c1. The van der Waals surface area contributed by atoms with Crippen LogP contribution in [0.2, 0.25) is 0 Å². The van der Waals surface area contributed by atoms with Gasteiger partial charge >= 0.3 is 0 Å². The van der Waals surface area contributed by atoms with Crippen LogP contribution in [0.5, 0.6) is 0 Å². The number of fused-ring (bicyclic) bond motifs is 23. The molecule has 0 aliphatic carbocycles. The summed E-state index contributed by atoms with van der Waals surface area (Å²) in [6, 6.07) is 107. The lowest BCUT2D eigenvalue weighted by molar-refractivity contribution is 0.668. The van der Waals surface area contributed by atoms with Crippen molar-refractivity contribution in [2.75, 3.05) is 0 Å². The molecule has 5 heterocycles. The normalized spacial score (nSPS) is 12.0. The van der Waals surface area contributed by atoms with E-state index in [1.807, 2.05) is 90.2 Å². The summed E-state index contributed by atoms with van der Waals surface area (Å²) in [5.41, 5.74) is 17.0. The van der Waals surface area contributed by atoms with E-state index in [1.165, 1.54) is 101 Å². The predicted molar refractivity (Wildman–Crippen MR) is 399 cm³/mol. The summed E-state index contributed by atoms with van der Waals surface area (Å²) >= 11 is 1.88. The van der Waals surface area contributed by atoms with Crippen molar-refractivity contribution in [1.29, 1.82) is 0 Å². The Bertz CT molecular complexity index is 6790. The summed E-state index contributed by atoms with van der Waals surface area (Å²) in [6.45, 7) is 0. The Kier molecular flexibility index (Phi) is 11.8. The van der Waals surface area contributed by atoms with Crippen LogP contribution in [-0.4, -0.2) is 19.9 Å². The van der Waals surface area contributed by atoms with Gasteiger partial charge in [-0.1, -0.05) is 224 Å². The van der Waals surface area contributed by atoms with Crippen LogP contribution in [0.1, 0.15) is 0 Å². The molecule has 6 nitrogen and oxygen atoms in total. The van der Waals surface area contributed by atoms with Gasteiger partial charge in [-0.15, -0.1) is 11.3 Å². The van der Waals surface area contributed by atoms with E-state index >= 15 is 0 Å². The maximum atomic E-state index is 6.28. The molecule has 0 radical (unpaired) electrons. The first-order valence-corrected chi connectivity index (χ1v) is 32.9. The highest BCUT2D eigenvalue weighted by molar-refractivity contribution is 7.26. The molecular weight excluding hydrogens is 1180 g/mol. The lowest BCUT2D eigenvalue weighted by Gasteiger charge is -2.13. The average molecular weight is 1230 g/mol. The third kappa shape index (κ3) is 8.57. The molecular formula is C88H50N4O2S. The van der Waals surface area contributed by atoms with Crippen molar-refractivity contribution >= 4 is 162 Å². The third-order valence-electron chi connectivity index (χ3n) is 19.3. The number of rotatable bonds is 5. The number of hydrogen-bond acceptors (Lipinski definition) is 7. The van der Waals surface area contributed by atoms with Gasteiger partial charge in [0, 0.05) is 69.4 Å². The molecule has 0 amide bonds. The number of nitrogens with zero attached hydrogens (tertiary/aromatic N) is 4. The van der Waals surface area contributed by atoms with E-state index in [0.717, 1.165) is 106 Å². The Morgan fingerprint density at radius 3 is 1.23 bits per heavy atom. The van der Waals surface area contributed by atoms with Gasteiger partial charge in [0.05, 0.1) is 44.8 Å². The first-order chi connectivity index (χ1) is 47.0. The molecule has 0 fully saturated rings. The van der Waals surface area contributed by atoms with E-state index in [2.05, 4.69) is 224 Å². The van der Waals surface area contributed by atoms with Gasteiger partial charge in [-0.2, -0.15) is 0 Å². The second-order valence-corrected chi connectivity index (χ2v) is 25.7. The second-order valence-electron chi connectivity index (χ2n) is 24.7. The fourth-order valence-electron chi connectivity index (χ4n) is 14.8. The standard InChI is InChI=1S/C44H24N2OS.C44H26N2O/c1-5-11-38-30(7-1)31-19-17-28(24-39(31)47-38)43-42(45-36-9-3-4-10-37(36)46-43)27-16-18-29-26(23-27)14-13-25-15-20-35-33(41(25)29)21-22-34-32-8-2-6-12-40(32)48-44(34)35;1-2-8-27(9-3-1)28-14-17-30(18-15-28)43-44(46-38-12-6-5-11-37(38)45-43)32-21-22-33-31(26-32)19-16-29-20-23-35-34(41(29)33)24-25-40-42(35)36-10-4-7-13-39(36)47-40/h1-24H;1-26H. The van der Waals surface area contributed by atoms with Crippen molar-refractivity contribution in [3.63, 3.8) is 0 Å². The van der Waals surface area contributed by atoms with E-state index in [-0.39, 0.29) is 0 Å². The van der Waals surface area contributed by atoms with Gasteiger partial charge in [0.2, 0.25) is 0 Å². The predicted octanol–water partition coefficient (Wildman–Crippen LogP) is 24.7. The lowest BCUT2D eigenvalue weighted by Crippen LogP contribution is -1.96. The highest BCUT2D eigenvalue weighted by Crippen LogP contribution is 2.45. The van der Waals surface area contributed by atoms with Crippen molar-refractivity contribution in [1.82, 2.24) is 19.9 Å². The van der Waals surface area contributed by atoms with Crippen molar-refractivity contribution in [2.45, 2.75) is 0 Å². The van der Waals surface area contributed by atoms with Crippen LogP contribution in [0, 0.1) is 0 Å². The molecule has 0 saturated carbocycles. The Balaban J connectivity index is 0.000000130. The van der Waals surface area contributed by atoms with E-state index in [1.54, 1.807) is 0 Å². The Morgan fingerprint density at radius 1 is 0.211 bits per heavy atom. The third-order valence-corrected chi connectivity index (χ3v) is 20.5. The zero-order chi connectivity index (χ0) is 62.2. The minimum atomic E-state index is 0.841. The summed E-state index contributed by atoms with van der Waals surface area (Å²) in [7, 11) is 0. The molecule has 0 N–H and O–H groups in total. The zero-order valence-electron chi connectivity index (χ0n) is 50.9. The van der Waals surface area contributed by atoms with Crippen LogP contribution in [0.15, 0.2) is 312 Å². The molecule has 440 valence electrons. The molecule has 21 rings (SSSR count). The van der Waals surface area contributed by atoms with Gasteiger partial charge in [-0.3, -0.25) is 0 Å². The first kappa shape index (κ1) is 53.3. The number of aromatic nitrogens is 4. The molecule has 0 atom stereocenters. The van der Waals surface area contributed by atoms with Crippen LogP contribution in [-0.2, 0) is 0 Å². The highest BCUT2D eigenvalue weighted by Gasteiger charge is 2.21. The van der Waals surface area contributed by atoms with Gasteiger partial charge in [0.15, 0.2) is 0 Å². The van der Waals surface area contributed by atoms with Crippen LogP contribution in [0.3, 0.4) is 0 Å². The Hall–Kier alpha value is -12.4. The highest BCUT2D eigenvalue weighted by atomic mass is 32.1. The van der Waals surface area contributed by atoms with Crippen LogP contribution < -0.4 is 0 Å². The molecule has 21 aromatic rings. The van der Waals surface area contributed by atoms with E-state index in [9.17, 15) is 0 Å². The van der Waals surface area contributed by atoms with E-state index in [4.69, 9.17) is 28.8 Å². The number of benzene rings is 16. The number of furan rings is 2. The average Bonchev–Trinajstić information content (AvgIpc) is 1.31. The van der Waals surface area contributed by atoms with Gasteiger partial charge in [-0.25, -0.2) is 19.9 Å². The van der Waals surface area contributed by atoms with Crippen molar-refractivity contribution in [3.05, 3.63) is 303 Å². The summed E-state index contributed by atoms with van der Waals surface area (Å²) in [6.07, 6.45) is 0. The Morgan fingerprint density at radius 2 is 0.589 bits per heavy atom. The molecule has 0 unspecified atom stereocenters. The maximum Gasteiger partial charge on any atom is 0.136 e. The monoisotopic (exact) mass is 1230 g/mol. The van der Waals surface area contributed by atoms with Crippen LogP contribution >= 0.6 is 11.3 Å². The van der Waals surface area contributed by atoms with Crippen molar-refractivity contribution in [3.8, 4) is 56.2 Å². The fourth-order valence-corrected chi connectivity index (χ4v) is 16.0. The largest absolute Gasteiger partial charge is 0.456 e. The zero-order valence-corrected chi connectivity index (χ0v) is 51.7. The molecule has 0 aliphatic heterocycles.